The molecule has 2 rings (SSSR count). The van der Waals surface area contributed by atoms with Crippen LogP contribution in [0.5, 0.6) is 0 Å². The fourth-order valence-electron chi connectivity index (χ4n) is 1.97. The number of anilines is 1. The van der Waals surface area contributed by atoms with Crippen LogP contribution in [0.15, 0.2) is 36.7 Å². The molecule has 0 spiro atoms. The fourth-order valence-corrected chi connectivity index (χ4v) is 1.97. The summed E-state index contributed by atoms with van der Waals surface area (Å²) >= 11 is 0. The Bertz CT molecular complexity index is 574. The predicted octanol–water partition coefficient (Wildman–Crippen LogP) is 1.69. The molecule has 2 aromatic rings. The smallest absolute Gasteiger partial charge is 0.244 e. The first kappa shape index (κ1) is 14.1. The maximum atomic E-state index is 12.1. The van der Waals surface area contributed by atoms with Crippen LogP contribution in [0.4, 0.5) is 5.69 Å². The third kappa shape index (κ3) is 3.60. The standard InChI is InChI=1S/C15H20N4O/c1-3-12-4-6-13(7-5-12)9-18(2)15(20)11-19-10-14(16)8-17-19/h4-8,10H,3,9,11,16H2,1-2H3. The Labute approximate surface area is 119 Å². The van der Waals surface area contributed by atoms with Crippen LogP contribution < -0.4 is 5.73 Å². The van der Waals surface area contributed by atoms with Gasteiger partial charge in [0.2, 0.25) is 5.91 Å². The van der Waals surface area contributed by atoms with Crippen LogP contribution in [0.2, 0.25) is 0 Å². The number of aryl methyl sites for hydroxylation is 1. The number of nitrogen functional groups attached to an aromatic ring is 1. The molecule has 20 heavy (non-hydrogen) atoms. The molecule has 1 aromatic carbocycles. The largest absolute Gasteiger partial charge is 0.396 e. The number of nitrogens with two attached hydrogens (primary N) is 1. The van der Waals surface area contributed by atoms with Gasteiger partial charge in [-0.2, -0.15) is 5.10 Å². The van der Waals surface area contributed by atoms with Crippen molar-refractivity contribution in [1.82, 2.24) is 14.7 Å². The Kier molecular flexibility index (Phi) is 4.40. The van der Waals surface area contributed by atoms with Gasteiger partial charge in [-0.25, -0.2) is 0 Å². The number of likely N-dealkylation sites (N-methyl/N-ethyl adjacent to an activating group) is 1. The molecule has 0 unspecified atom stereocenters. The van der Waals surface area contributed by atoms with Crippen molar-refractivity contribution in [1.29, 1.82) is 0 Å². The second-order valence-corrected chi connectivity index (χ2v) is 4.89. The molecule has 0 aliphatic carbocycles. The highest BCUT2D eigenvalue weighted by Crippen LogP contribution is 2.08. The molecule has 0 aliphatic heterocycles. The van der Waals surface area contributed by atoms with Crippen molar-refractivity contribution in [3.63, 3.8) is 0 Å². The van der Waals surface area contributed by atoms with Crippen molar-refractivity contribution in [2.24, 2.45) is 0 Å². The Morgan fingerprint density at radius 3 is 2.50 bits per heavy atom. The zero-order chi connectivity index (χ0) is 14.5. The molecule has 2 N–H and O–H groups in total. The summed E-state index contributed by atoms with van der Waals surface area (Å²) in [6, 6.07) is 8.33. The molecule has 106 valence electrons. The number of hydrogen-bond acceptors (Lipinski definition) is 3. The Hall–Kier alpha value is -2.30. The van der Waals surface area contributed by atoms with E-state index < -0.39 is 0 Å². The van der Waals surface area contributed by atoms with Crippen molar-refractivity contribution >= 4 is 11.6 Å². The van der Waals surface area contributed by atoms with E-state index in [1.54, 1.807) is 22.8 Å². The first-order chi connectivity index (χ1) is 9.58. The third-order valence-corrected chi connectivity index (χ3v) is 3.23. The van der Waals surface area contributed by atoms with E-state index in [9.17, 15) is 4.79 Å². The predicted molar refractivity (Wildman–Crippen MR) is 78.9 cm³/mol. The highest BCUT2D eigenvalue weighted by molar-refractivity contribution is 5.75. The Morgan fingerprint density at radius 2 is 1.95 bits per heavy atom. The van der Waals surface area contributed by atoms with Gasteiger partial charge in [-0.05, 0) is 17.5 Å². The van der Waals surface area contributed by atoms with E-state index in [4.69, 9.17) is 5.73 Å². The summed E-state index contributed by atoms with van der Waals surface area (Å²) in [5, 5.41) is 4.01. The number of rotatable bonds is 5. The lowest BCUT2D eigenvalue weighted by Crippen LogP contribution is -2.29. The van der Waals surface area contributed by atoms with Crippen LogP contribution in [-0.4, -0.2) is 27.6 Å². The maximum absolute atomic E-state index is 12.1. The number of nitrogens with zero attached hydrogens (tertiary/aromatic N) is 3. The minimum Gasteiger partial charge on any atom is -0.396 e. The lowest BCUT2D eigenvalue weighted by molar-refractivity contribution is -0.131. The van der Waals surface area contributed by atoms with Crippen LogP contribution >= 0.6 is 0 Å². The van der Waals surface area contributed by atoms with Crippen LogP contribution in [0.3, 0.4) is 0 Å². The molecule has 1 amide bonds. The van der Waals surface area contributed by atoms with Gasteiger partial charge >= 0.3 is 0 Å². The van der Waals surface area contributed by atoms with Gasteiger partial charge in [-0.3, -0.25) is 9.48 Å². The average molecular weight is 272 g/mol. The summed E-state index contributed by atoms with van der Waals surface area (Å²) < 4.78 is 1.55. The van der Waals surface area contributed by atoms with Crippen molar-refractivity contribution < 1.29 is 4.79 Å². The molecule has 0 atom stereocenters. The Morgan fingerprint density at radius 1 is 1.30 bits per heavy atom. The second kappa shape index (κ2) is 6.23. The highest BCUT2D eigenvalue weighted by atomic mass is 16.2. The molecule has 0 radical (unpaired) electrons. The van der Waals surface area contributed by atoms with Gasteiger partial charge < -0.3 is 10.6 Å². The number of benzene rings is 1. The molecular weight excluding hydrogens is 252 g/mol. The third-order valence-electron chi connectivity index (χ3n) is 3.23. The Balaban J connectivity index is 1.92. The topological polar surface area (TPSA) is 64.2 Å². The molecule has 5 nitrogen and oxygen atoms in total. The van der Waals surface area contributed by atoms with E-state index in [1.165, 1.54) is 11.8 Å². The normalized spacial score (nSPS) is 10.5. The van der Waals surface area contributed by atoms with E-state index >= 15 is 0 Å². The maximum Gasteiger partial charge on any atom is 0.244 e. The SMILES string of the molecule is CCc1ccc(CN(C)C(=O)Cn2cc(N)cn2)cc1. The van der Waals surface area contributed by atoms with Crippen LogP contribution in [0.25, 0.3) is 0 Å². The first-order valence-electron chi connectivity index (χ1n) is 6.68. The van der Waals surface area contributed by atoms with Crippen molar-refractivity contribution in [2.75, 3.05) is 12.8 Å². The van der Waals surface area contributed by atoms with Gasteiger partial charge in [0.25, 0.3) is 0 Å². The highest BCUT2D eigenvalue weighted by Gasteiger charge is 2.10. The quantitative estimate of drug-likeness (QED) is 0.900. The van der Waals surface area contributed by atoms with Gasteiger partial charge in [0, 0.05) is 19.8 Å². The summed E-state index contributed by atoms with van der Waals surface area (Å²) in [6.45, 7) is 2.93. The van der Waals surface area contributed by atoms with Crippen LogP contribution in [0.1, 0.15) is 18.1 Å². The molecule has 0 fully saturated rings. The van der Waals surface area contributed by atoms with Crippen LogP contribution in [0, 0.1) is 0 Å². The first-order valence-corrected chi connectivity index (χ1v) is 6.68. The minimum absolute atomic E-state index is 0.00710. The average Bonchev–Trinajstić information content (AvgIpc) is 2.85. The van der Waals surface area contributed by atoms with E-state index in [-0.39, 0.29) is 12.5 Å². The zero-order valence-electron chi connectivity index (χ0n) is 11.9. The lowest BCUT2D eigenvalue weighted by atomic mass is 10.1. The minimum atomic E-state index is 0.00710. The molecule has 0 saturated heterocycles. The van der Waals surface area contributed by atoms with Crippen molar-refractivity contribution in [3.8, 4) is 0 Å². The number of aromatic nitrogens is 2. The van der Waals surface area contributed by atoms with E-state index in [1.807, 2.05) is 0 Å². The van der Waals surface area contributed by atoms with Gasteiger partial charge in [0.15, 0.2) is 0 Å². The molecule has 0 saturated carbocycles. The van der Waals surface area contributed by atoms with Crippen LogP contribution in [-0.2, 0) is 24.3 Å². The van der Waals surface area contributed by atoms with E-state index in [2.05, 4.69) is 36.3 Å². The molecule has 1 heterocycles. The van der Waals surface area contributed by atoms with Gasteiger partial charge in [0.05, 0.1) is 11.9 Å². The summed E-state index contributed by atoms with van der Waals surface area (Å²) in [7, 11) is 1.79. The van der Waals surface area contributed by atoms with E-state index in [0.717, 1.165) is 12.0 Å². The lowest BCUT2D eigenvalue weighted by Gasteiger charge is -2.17. The molecular formula is C15H20N4O. The van der Waals surface area contributed by atoms with Crippen molar-refractivity contribution in [2.45, 2.75) is 26.4 Å². The van der Waals surface area contributed by atoms with Gasteiger partial charge in [0.1, 0.15) is 6.54 Å². The summed E-state index contributed by atoms with van der Waals surface area (Å²) in [4.78, 5) is 13.8. The van der Waals surface area contributed by atoms with Crippen molar-refractivity contribution in [3.05, 3.63) is 47.8 Å². The summed E-state index contributed by atoms with van der Waals surface area (Å²) in [5.41, 5.74) is 8.56. The monoisotopic (exact) mass is 272 g/mol. The molecule has 0 aliphatic rings. The van der Waals surface area contributed by atoms with Gasteiger partial charge in [-0.15, -0.1) is 0 Å². The second-order valence-electron chi connectivity index (χ2n) is 4.89. The van der Waals surface area contributed by atoms with Gasteiger partial charge in [-0.1, -0.05) is 31.2 Å². The molecule has 1 aromatic heterocycles. The summed E-state index contributed by atoms with van der Waals surface area (Å²) in [6.07, 6.45) is 4.22. The number of carbonyl (C=O) groups excluding carboxylic acids is 1. The number of hydrogen-bond donors (Lipinski definition) is 1. The zero-order valence-corrected chi connectivity index (χ0v) is 11.9. The number of amides is 1. The molecule has 5 heteroatoms. The molecule has 0 bridgehead atoms. The number of carbonyl (C=O) groups is 1. The van der Waals surface area contributed by atoms with E-state index in [0.29, 0.717) is 12.2 Å². The fraction of sp³-hybridized carbons (Fsp3) is 0.333. The summed E-state index contributed by atoms with van der Waals surface area (Å²) in [5.74, 6) is 0.00710.